The van der Waals surface area contributed by atoms with E-state index >= 15 is 0 Å². The van der Waals surface area contributed by atoms with Gasteiger partial charge in [0.2, 0.25) is 0 Å². The predicted molar refractivity (Wildman–Crippen MR) is 85.3 cm³/mol. The number of rotatable bonds is 4. The van der Waals surface area contributed by atoms with Gasteiger partial charge in [-0.3, -0.25) is 0 Å². The van der Waals surface area contributed by atoms with Crippen molar-refractivity contribution >= 4 is 5.69 Å². The second kappa shape index (κ2) is 6.59. The Kier molecular flexibility index (Phi) is 5.06. The minimum atomic E-state index is 0.143. The van der Waals surface area contributed by atoms with Crippen LogP contribution in [0.2, 0.25) is 0 Å². The number of para-hydroxylation sites is 1. The highest BCUT2D eigenvalue weighted by Gasteiger charge is 2.20. The fraction of sp³-hybridized carbons (Fsp3) is 0.647. The lowest BCUT2D eigenvalue weighted by atomic mass is 10.0. The largest absolute Gasteiger partial charge is 0.381 e. The quantitative estimate of drug-likeness (QED) is 0.914. The fourth-order valence-electron chi connectivity index (χ4n) is 2.63. The van der Waals surface area contributed by atoms with Crippen LogP contribution in [0.15, 0.2) is 24.3 Å². The zero-order valence-corrected chi connectivity index (χ0v) is 13.3. The Bertz CT molecular complexity index is 419. The van der Waals surface area contributed by atoms with Gasteiger partial charge >= 0.3 is 0 Å². The Labute approximate surface area is 123 Å². The summed E-state index contributed by atoms with van der Waals surface area (Å²) in [6, 6.07) is 9.31. The molecule has 1 N–H and O–H groups in total. The Morgan fingerprint density at radius 3 is 2.50 bits per heavy atom. The fourth-order valence-corrected chi connectivity index (χ4v) is 2.63. The number of hydrogen-bond acceptors (Lipinski definition) is 3. The van der Waals surface area contributed by atoms with Gasteiger partial charge in [-0.1, -0.05) is 18.2 Å². The van der Waals surface area contributed by atoms with Crippen LogP contribution in [0.5, 0.6) is 0 Å². The van der Waals surface area contributed by atoms with Gasteiger partial charge in [-0.15, -0.1) is 0 Å². The summed E-state index contributed by atoms with van der Waals surface area (Å²) in [5, 5.41) is 3.58. The lowest BCUT2D eigenvalue weighted by Gasteiger charge is -2.34. The highest BCUT2D eigenvalue weighted by atomic mass is 16.5. The minimum absolute atomic E-state index is 0.143. The number of nitrogens with zero attached hydrogens (tertiary/aromatic N) is 1. The van der Waals surface area contributed by atoms with Crippen molar-refractivity contribution in [2.75, 3.05) is 25.2 Å². The third kappa shape index (κ3) is 4.22. The van der Waals surface area contributed by atoms with Gasteiger partial charge in [0.05, 0.1) is 0 Å². The third-order valence-electron chi connectivity index (χ3n) is 3.92. The Morgan fingerprint density at radius 2 is 1.85 bits per heavy atom. The van der Waals surface area contributed by atoms with E-state index in [1.807, 2.05) is 0 Å². The molecule has 1 aliphatic rings. The summed E-state index contributed by atoms with van der Waals surface area (Å²) in [4.78, 5) is 2.43. The molecule has 112 valence electrons. The van der Waals surface area contributed by atoms with E-state index in [-0.39, 0.29) is 5.54 Å². The smallest absolute Gasteiger partial charge is 0.0485 e. The van der Waals surface area contributed by atoms with E-state index in [0.29, 0.717) is 6.04 Å². The van der Waals surface area contributed by atoms with Crippen LogP contribution in [0.4, 0.5) is 5.69 Å². The first-order valence-corrected chi connectivity index (χ1v) is 7.61. The SMILES string of the molecule is CN(c1ccccc1CNC(C)(C)C)C1CCOCC1. The Morgan fingerprint density at radius 1 is 1.20 bits per heavy atom. The number of hydrogen-bond donors (Lipinski definition) is 1. The molecule has 0 aliphatic carbocycles. The van der Waals surface area contributed by atoms with Crippen LogP contribution >= 0.6 is 0 Å². The van der Waals surface area contributed by atoms with Gasteiger partial charge in [-0.2, -0.15) is 0 Å². The maximum atomic E-state index is 5.47. The highest BCUT2D eigenvalue weighted by Crippen LogP contribution is 2.25. The Hall–Kier alpha value is -1.06. The van der Waals surface area contributed by atoms with E-state index in [1.54, 1.807) is 0 Å². The molecule has 20 heavy (non-hydrogen) atoms. The first-order chi connectivity index (χ1) is 9.47. The van der Waals surface area contributed by atoms with Gasteiger partial charge in [0, 0.05) is 44.1 Å². The van der Waals surface area contributed by atoms with Crippen molar-refractivity contribution in [1.29, 1.82) is 0 Å². The lowest BCUT2D eigenvalue weighted by Crippen LogP contribution is -2.38. The molecule has 2 rings (SSSR count). The van der Waals surface area contributed by atoms with Gasteiger partial charge < -0.3 is 15.0 Å². The molecule has 1 heterocycles. The van der Waals surface area contributed by atoms with E-state index in [0.717, 1.165) is 32.6 Å². The van der Waals surface area contributed by atoms with Crippen molar-refractivity contribution in [2.45, 2.75) is 51.7 Å². The monoisotopic (exact) mass is 276 g/mol. The second-order valence-corrected chi connectivity index (χ2v) is 6.69. The van der Waals surface area contributed by atoms with Gasteiger partial charge in [0.15, 0.2) is 0 Å². The maximum absolute atomic E-state index is 5.47. The molecular weight excluding hydrogens is 248 g/mol. The molecule has 0 atom stereocenters. The summed E-state index contributed by atoms with van der Waals surface area (Å²) in [7, 11) is 2.21. The van der Waals surface area contributed by atoms with Crippen LogP contribution in [0.1, 0.15) is 39.2 Å². The molecule has 3 heteroatoms. The molecule has 0 unspecified atom stereocenters. The van der Waals surface area contributed by atoms with Crippen molar-refractivity contribution in [3.8, 4) is 0 Å². The Balaban J connectivity index is 2.09. The molecule has 1 aromatic rings. The van der Waals surface area contributed by atoms with Gasteiger partial charge in [0.25, 0.3) is 0 Å². The molecule has 0 amide bonds. The molecule has 0 radical (unpaired) electrons. The minimum Gasteiger partial charge on any atom is -0.381 e. The summed E-state index contributed by atoms with van der Waals surface area (Å²) in [6.07, 6.45) is 2.25. The number of anilines is 1. The van der Waals surface area contributed by atoms with Gasteiger partial charge in [-0.05, 0) is 45.2 Å². The molecule has 1 aliphatic heterocycles. The van der Waals surface area contributed by atoms with E-state index in [2.05, 4.69) is 62.3 Å². The van der Waals surface area contributed by atoms with Crippen molar-refractivity contribution in [1.82, 2.24) is 5.32 Å². The zero-order chi connectivity index (χ0) is 14.6. The average Bonchev–Trinajstić information content (AvgIpc) is 2.45. The summed E-state index contributed by atoms with van der Waals surface area (Å²) < 4.78 is 5.47. The summed E-state index contributed by atoms with van der Waals surface area (Å²) in [6.45, 7) is 9.30. The zero-order valence-electron chi connectivity index (χ0n) is 13.3. The first kappa shape index (κ1) is 15.3. The molecule has 0 aromatic heterocycles. The summed E-state index contributed by atoms with van der Waals surface area (Å²) in [5.74, 6) is 0. The molecular formula is C17H28N2O. The van der Waals surface area contributed by atoms with Crippen molar-refractivity contribution in [3.63, 3.8) is 0 Å². The van der Waals surface area contributed by atoms with Crippen LogP contribution in [0.25, 0.3) is 0 Å². The molecule has 0 bridgehead atoms. The van der Waals surface area contributed by atoms with Crippen LogP contribution in [0.3, 0.4) is 0 Å². The van der Waals surface area contributed by atoms with Crippen LogP contribution < -0.4 is 10.2 Å². The van der Waals surface area contributed by atoms with E-state index in [4.69, 9.17) is 4.74 Å². The van der Waals surface area contributed by atoms with Crippen LogP contribution in [-0.2, 0) is 11.3 Å². The standard InChI is InChI=1S/C17H28N2O/c1-17(2,3)18-13-14-7-5-6-8-16(14)19(4)15-9-11-20-12-10-15/h5-8,15,18H,9-13H2,1-4H3. The number of ether oxygens (including phenoxy) is 1. The molecule has 3 nitrogen and oxygen atoms in total. The molecule has 0 saturated carbocycles. The predicted octanol–water partition coefficient (Wildman–Crippen LogP) is 3.19. The van der Waals surface area contributed by atoms with E-state index in [9.17, 15) is 0 Å². The van der Waals surface area contributed by atoms with Crippen molar-refractivity contribution < 1.29 is 4.74 Å². The van der Waals surface area contributed by atoms with E-state index in [1.165, 1.54) is 11.3 Å². The third-order valence-corrected chi connectivity index (χ3v) is 3.92. The lowest BCUT2D eigenvalue weighted by molar-refractivity contribution is 0.0854. The van der Waals surface area contributed by atoms with Crippen molar-refractivity contribution in [3.05, 3.63) is 29.8 Å². The topological polar surface area (TPSA) is 24.5 Å². The first-order valence-electron chi connectivity index (χ1n) is 7.61. The van der Waals surface area contributed by atoms with Gasteiger partial charge in [0.1, 0.15) is 0 Å². The normalized spacial score (nSPS) is 17.2. The molecule has 1 saturated heterocycles. The van der Waals surface area contributed by atoms with Crippen LogP contribution in [0, 0.1) is 0 Å². The number of benzene rings is 1. The molecule has 1 aromatic carbocycles. The highest BCUT2D eigenvalue weighted by molar-refractivity contribution is 5.54. The maximum Gasteiger partial charge on any atom is 0.0485 e. The van der Waals surface area contributed by atoms with E-state index < -0.39 is 0 Å². The van der Waals surface area contributed by atoms with Crippen molar-refractivity contribution in [2.24, 2.45) is 0 Å². The molecule has 1 fully saturated rings. The second-order valence-electron chi connectivity index (χ2n) is 6.69. The average molecular weight is 276 g/mol. The molecule has 0 spiro atoms. The van der Waals surface area contributed by atoms with Crippen LogP contribution in [-0.4, -0.2) is 31.8 Å². The summed E-state index contributed by atoms with van der Waals surface area (Å²) >= 11 is 0. The van der Waals surface area contributed by atoms with Gasteiger partial charge in [-0.25, -0.2) is 0 Å². The summed E-state index contributed by atoms with van der Waals surface area (Å²) in [5.41, 5.74) is 2.86. The number of nitrogens with one attached hydrogen (secondary N) is 1.